The Morgan fingerprint density at radius 1 is 1.19 bits per heavy atom. The number of aliphatic hydroxyl groups is 1. The van der Waals surface area contributed by atoms with Crippen molar-refractivity contribution in [2.45, 2.75) is 25.6 Å². The monoisotopic (exact) mass is 355 g/mol. The number of benzene rings is 1. The fraction of sp³-hybridized carbons (Fsp3) is 0.389. The van der Waals surface area contributed by atoms with Crippen molar-refractivity contribution >= 4 is 23.6 Å². The minimum Gasteiger partial charge on any atom is -0.396 e. The predicted molar refractivity (Wildman–Crippen MR) is 96.1 cm³/mol. The number of anilines is 1. The SMILES string of the molecule is CC1=CN2C(=NC3C2C(=O)N(CCCO)C(=O)N3C)N1c1ccccc1. The van der Waals surface area contributed by atoms with Crippen LogP contribution < -0.4 is 4.90 Å². The van der Waals surface area contributed by atoms with Gasteiger partial charge in [0.25, 0.3) is 5.91 Å². The lowest BCUT2D eigenvalue weighted by Gasteiger charge is -2.40. The summed E-state index contributed by atoms with van der Waals surface area (Å²) in [5.41, 5.74) is 1.92. The van der Waals surface area contributed by atoms with Gasteiger partial charge in [-0.25, -0.2) is 9.79 Å². The van der Waals surface area contributed by atoms with E-state index in [1.54, 1.807) is 7.05 Å². The summed E-state index contributed by atoms with van der Waals surface area (Å²) in [5, 5.41) is 9.06. The van der Waals surface area contributed by atoms with Crippen molar-refractivity contribution in [3.63, 3.8) is 0 Å². The molecule has 1 N–H and O–H groups in total. The van der Waals surface area contributed by atoms with Crippen LogP contribution in [0.3, 0.4) is 0 Å². The van der Waals surface area contributed by atoms with Gasteiger partial charge in [-0.2, -0.15) is 0 Å². The smallest absolute Gasteiger partial charge is 0.328 e. The van der Waals surface area contributed by atoms with E-state index in [4.69, 9.17) is 10.1 Å². The zero-order chi connectivity index (χ0) is 18.4. The van der Waals surface area contributed by atoms with E-state index >= 15 is 0 Å². The normalized spacial score (nSPS) is 24.7. The number of guanidine groups is 1. The molecule has 1 fully saturated rings. The summed E-state index contributed by atoms with van der Waals surface area (Å²) in [6.07, 6.45) is 1.72. The number of fused-ring (bicyclic) bond motifs is 3. The Hall–Kier alpha value is -2.87. The van der Waals surface area contributed by atoms with E-state index in [0.29, 0.717) is 12.4 Å². The molecular weight excluding hydrogens is 334 g/mol. The summed E-state index contributed by atoms with van der Waals surface area (Å²) in [6, 6.07) is 8.86. The fourth-order valence-electron chi connectivity index (χ4n) is 3.68. The lowest BCUT2D eigenvalue weighted by molar-refractivity contribution is -0.136. The van der Waals surface area contributed by atoms with Crippen LogP contribution in [0.1, 0.15) is 13.3 Å². The maximum absolute atomic E-state index is 13.0. The highest BCUT2D eigenvalue weighted by Crippen LogP contribution is 2.36. The number of hydrogen-bond donors (Lipinski definition) is 1. The van der Waals surface area contributed by atoms with Crippen molar-refractivity contribution < 1.29 is 14.7 Å². The first kappa shape index (κ1) is 16.6. The Morgan fingerprint density at radius 3 is 2.62 bits per heavy atom. The number of likely N-dealkylation sites (N-methyl/N-ethyl adjacent to an activating group) is 1. The fourth-order valence-corrected chi connectivity index (χ4v) is 3.68. The second-order valence-electron chi connectivity index (χ2n) is 6.60. The molecule has 3 aliphatic heterocycles. The number of amides is 3. The Bertz CT molecular complexity index is 806. The van der Waals surface area contributed by atoms with E-state index in [1.807, 2.05) is 53.3 Å². The molecule has 1 saturated heterocycles. The summed E-state index contributed by atoms with van der Waals surface area (Å²) in [4.78, 5) is 36.8. The summed E-state index contributed by atoms with van der Waals surface area (Å²) >= 11 is 0. The second-order valence-corrected chi connectivity index (χ2v) is 6.60. The van der Waals surface area contributed by atoms with Crippen molar-refractivity contribution in [2.75, 3.05) is 25.1 Å². The Morgan fingerprint density at radius 2 is 1.92 bits per heavy atom. The molecule has 3 amide bonds. The molecule has 4 rings (SSSR count). The first-order valence-electron chi connectivity index (χ1n) is 8.63. The molecule has 2 atom stereocenters. The third-order valence-corrected chi connectivity index (χ3v) is 4.94. The van der Waals surface area contributed by atoms with Crippen molar-refractivity contribution in [1.29, 1.82) is 0 Å². The van der Waals surface area contributed by atoms with Crippen LogP contribution in [0.25, 0.3) is 0 Å². The van der Waals surface area contributed by atoms with Crippen LogP contribution in [-0.2, 0) is 4.79 Å². The van der Waals surface area contributed by atoms with Gasteiger partial charge in [0.15, 0.2) is 12.2 Å². The van der Waals surface area contributed by atoms with Gasteiger partial charge in [-0.05, 0) is 25.5 Å². The molecule has 3 aliphatic rings. The number of allylic oxidation sites excluding steroid dienone is 1. The highest BCUT2D eigenvalue weighted by molar-refractivity contribution is 6.09. The molecule has 0 spiro atoms. The molecule has 0 saturated carbocycles. The number of aliphatic imine (C=N–C) groups is 1. The summed E-state index contributed by atoms with van der Waals surface area (Å²) < 4.78 is 0. The topological polar surface area (TPSA) is 79.7 Å². The van der Waals surface area contributed by atoms with Crippen LogP contribution in [0.4, 0.5) is 10.5 Å². The predicted octanol–water partition coefficient (Wildman–Crippen LogP) is 1.01. The molecule has 0 bridgehead atoms. The number of aliphatic hydroxyl groups excluding tert-OH is 1. The number of nitrogens with zero attached hydrogens (tertiary/aromatic N) is 5. The molecule has 0 aliphatic carbocycles. The first-order chi connectivity index (χ1) is 12.5. The Labute approximate surface area is 151 Å². The highest BCUT2D eigenvalue weighted by atomic mass is 16.3. The molecule has 0 radical (unpaired) electrons. The zero-order valence-corrected chi connectivity index (χ0v) is 14.7. The van der Waals surface area contributed by atoms with E-state index in [-0.39, 0.29) is 25.1 Å². The van der Waals surface area contributed by atoms with Crippen LogP contribution in [0.15, 0.2) is 47.2 Å². The lowest BCUT2D eigenvalue weighted by atomic mass is 10.1. The largest absolute Gasteiger partial charge is 0.396 e. The molecule has 136 valence electrons. The maximum Gasteiger partial charge on any atom is 0.328 e. The standard InChI is InChI=1S/C18H21N5O3/c1-12-11-22-14-15(19-17(22)23(12)13-7-4-3-5-8-13)20(2)18(26)21(16(14)25)9-6-10-24/h3-5,7-8,11,14-15,24H,6,9-10H2,1-2H3. The Kier molecular flexibility index (Phi) is 3.91. The molecular formula is C18H21N5O3. The quantitative estimate of drug-likeness (QED) is 0.872. The van der Waals surface area contributed by atoms with Gasteiger partial charge in [-0.3, -0.25) is 14.6 Å². The van der Waals surface area contributed by atoms with Gasteiger partial charge in [0.2, 0.25) is 5.96 Å². The molecule has 1 aromatic carbocycles. The summed E-state index contributed by atoms with van der Waals surface area (Å²) in [5.74, 6) is 0.380. The number of urea groups is 1. The number of hydrogen-bond acceptors (Lipinski definition) is 6. The molecule has 26 heavy (non-hydrogen) atoms. The lowest BCUT2D eigenvalue weighted by Crippen LogP contribution is -2.64. The van der Waals surface area contributed by atoms with Gasteiger partial charge in [-0.15, -0.1) is 0 Å². The van der Waals surface area contributed by atoms with E-state index in [0.717, 1.165) is 11.4 Å². The maximum atomic E-state index is 13.0. The van der Waals surface area contributed by atoms with Gasteiger partial charge in [0, 0.05) is 37.8 Å². The van der Waals surface area contributed by atoms with Crippen molar-refractivity contribution in [1.82, 2.24) is 14.7 Å². The highest BCUT2D eigenvalue weighted by Gasteiger charge is 2.54. The van der Waals surface area contributed by atoms with E-state index in [2.05, 4.69) is 0 Å². The molecule has 2 unspecified atom stereocenters. The molecule has 0 aromatic heterocycles. The van der Waals surface area contributed by atoms with E-state index in [9.17, 15) is 9.59 Å². The van der Waals surface area contributed by atoms with Crippen molar-refractivity contribution in [2.24, 2.45) is 4.99 Å². The molecule has 8 nitrogen and oxygen atoms in total. The van der Waals surface area contributed by atoms with Gasteiger partial charge in [0.05, 0.1) is 0 Å². The average molecular weight is 355 g/mol. The van der Waals surface area contributed by atoms with Crippen LogP contribution in [0.2, 0.25) is 0 Å². The molecule has 3 heterocycles. The minimum absolute atomic E-state index is 0.0683. The second kappa shape index (κ2) is 6.14. The van der Waals surface area contributed by atoms with Gasteiger partial charge in [0.1, 0.15) is 0 Å². The van der Waals surface area contributed by atoms with Crippen LogP contribution in [0.5, 0.6) is 0 Å². The number of para-hydroxylation sites is 1. The Balaban J connectivity index is 1.69. The minimum atomic E-state index is -0.574. The number of carbonyl (C=O) groups excluding carboxylic acids is 2. The van der Waals surface area contributed by atoms with Crippen LogP contribution in [0, 0.1) is 0 Å². The summed E-state index contributed by atoms with van der Waals surface area (Å²) in [7, 11) is 1.66. The molecule has 1 aromatic rings. The third kappa shape index (κ3) is 2.29. The van der Waals surface area contributed by atoms with Crippen molar-refractivity contribution in [3.8, 4) is 0 Å². The van der Waals surface area contributed by atoms with Gasteiger partial charge in [-0.1, -0.05) is 18.2 Å². The number of carbonyl (C=O) groups is 2. The van der Waals surface area contributed by atoms with Gasteiger partial charge >= 0.3 is 6.03 Å². The summed E-state index contributed by atoms with van der Waals surface area (Å²) in [6.45, 7) is 2.10. The number of imide groups is 1. The van der Waals surface area contributed by atoms with Gasteiger partial charge < -0.3 is 14.9 Å². The van der Waals surface area contributed by atoms with E-state index in [1.165, 1.54) is 9.80 Å². The molecule has 8 heteroatoms. The average Bonchev–Trinajstić information content (AvgIpc) is 3.15. The zero-order valence-electron chi connectivity index (χ0n) is 14.7. The third-order valence-electron chi connectivity index (χ3n) is 4.94. The van der Waals surface area contributed by atoms with Crippen LogP contribution >= 0.6 is 0 Å². The van der Waals surface area contributed by atoms with Crippen molar-refractivity contribution in [3.05, 3.63) is 42.2 Å². The van der Waals surface area contributed by atoms with Crippen LogP contribution in [-0.4, -0.2) is 70.1 Å². The van der Waals surface area contributed by atoms with E-state index < -0.39 is 12.2 Å². The first-order valence-corrected chi connectivity index (χ1v) is 8.63. The number of rotatable bonds is 4.